The van der Waals surface area contributed by atoms with E-state index in [4.69, 9.17) is 0 Å². The number of carbonyl (C=O) groups is 2. The van der Waals surface area contributed by atoms with Crippen molar-refractivity contribution in [3.63, 3.8) is 0 Å². The van der Waals surface area contributed by atoms with E-state index in [1.807, 2.05) is 44.2 Å². The topological polar surface area (TPSA) is 46.2 Å². The van der Waals surface area contributed by atoms with Gasteiger partial charge in [0.15, 0.2) is 0 Å². The number of benzene rings is 1. The first-order valence-corrected chi connectivity index (χ1v) is 6.04. The zero-order chi connectivity index (χ0) is 13.3. The minimum absolute atomic E-state index is 0.109. The number of hydrogen-bond acceptors (Lipinski definition) is 2. The van der Waals surface area contributed by atoms with Crippen molar-refractivity contribution in [1.29, 1.82) is 0 Å². The summed E-state index contributed by atoms with van der Waals surface area (Å²) in [5, 5.41) is 2.80. The van der Waals surface area contributed by atoms with E-state index in [0.29, 0.717) is 6.42 Å². The van der Waals surface area contributed by atoms with Gasteiger partial charge in [0.25, 0.3) is 0 Å². The molecule has 1 aromatic carbocycles. The van der Waals surface area contributed by atoms with Crippen LogP contribution in [0.5, 0.6) is 0 Å². The molecular weight excluding hydrogens is 226 g/mol. The lowest BCUT2D eigenvalue weighted by molar-refractivity contribution is -0.131. The van der Waals surface area contributed by atoms with Gasteiger partial charge in [-0.05, 0) is 38.8 Å². The van der Waals surface area contributed by atoms with Gasteiger partial charge < -0.3 is 5.32 Å². The summed E-state index contributed by atoms with van der Waals surface area (Å²) in [6, 6.07) is 7.41. The average molecular weight is 243 g/mol. The lowest BCUT2D eigenvalue weighted by atomic mass is 9.75. The highest BCUT2D eigenvalue weighted by molar-refractivity contribution is 6.20. The van der Waals surface area contributed by atoms with Gasteiger partial charge in [-0.3, -0.25) is 9.59 Å². The largest absolute Gasteiger partial charge is 0.325 e. The van der Waals surface area contributed by atoms with Crippen LogP contribution in [-0.2, 0) is 15.0 Å². The van der Waals surface area contributed by atoms with E-state index in [2.05, 4.69) is 5.32 Å². The molecule has 1 aromatic rings. The Hall–Kier alpha value is -1.90. The zero-order valence-corrected chi connectivity index (χ0v) is 10.9. The molecule has 0 aliphatic carbocycles. The van der Waals surface area contributed by atoms with E-state index < -0.39 is 5.41 Å². The first-order chi connectivity index (χ1) is 8.48. The van der Waals surface area contributed by atoms with Crippen LogP contribution < -0.4 is 5.32 Å². The van der Waals surface area contributed by atoms with Gasteiger partial charge in [0.1, 0.15) is 11.2 Å². The average Bonchev–Trinajstić information content (AvgIpc) is 2.59. The fourth-order valence-electron chi connectivity index (χ4n) is 2.37. The number of para-hydroxylation sites is 1. The van der Waals surface area contributed by atoms with Crippen molar-refractivity contribution in [2.24, 2.45) is 0 Å². The normalized spacial score (nSPS) is 21.2. The van der Waals surface area contributed by atoms with Gasteiger partial charge in [0.2, 0.25) is 5.91 Å². The summed E-state index contributed by atoms with van der Waals surface area (Å²) in [5.41, 5.74) is 1.60. The Kier molecular flexibility index (Phi) is 3.07. The van der Waals surface area contributed by atoms with Crippen molar-refractivity contribution in [3.05, 3.63) is 41.5 Å². The molecule has 2 rings (SSSR count). The molecule has 94 valence electrons. The molecule has 0 bridgehead atoms. The van der Waals surface area contributed by atoms with Gasteiger partial charge in [-0.2, -0.15) is 0 Å². The first kappa shape index (κ1) is 12.6. The molecule has 0 spiro atoms. The summed E-state index contributed by atoms with van der Waals surface area (Å²) in [5.74, 6) is -0.323. The molecule has 3 heteroatoms. The third kappa shape index (κ3) is 1.76. The van der Waals surface area contributed by atoms with Crippen molar-refractivity contribution in [1.82, 2.24) is 0 Å². The van der Waals surface area contributed by atoms with Crippen LogP contribution in [0.4, 0.5) is 5.69 Å². The highest BCUT2D eigenvalue weighted by atomic mass is 16.2. The number of nitrogens with one attached hydrogen (secondary N) is 1. The van der Waals surface area contributed by atoms with Crippen LogP contribution in [0.1, 0.15) is 32.8 Å². The second-order valence-corrected chi connectivity index (χ2v) is 4.95. The molecule has 1 N–H and O–H groups in total. The highest BCUT2D eigenvalue weighted by Gasteiger charge is 2.49. The summed E-state index contributed by atoms with van der Waals surface area (Å²) >= 11 is 0. The minimum Gasteiger partial charge on any atom is -0.325 e. The second kappa shape index (κ2) is 4.41. The van der Waals surface area contributed by atoms with Crippen molar-refractivity contribution < 1.29 is 9.59 Å². The number of ketones is 1. The van der Waals surface area contributed by atoms with Crippen LogP contribution in [-0.4, -0.2) is 11.7 Å². The summed E-state index contributed by atoms with van der Waals surface area (Å²) in [7, 11) is 0. The maximum absolute atomic E-state index is 12.2. The number of anilines is 1. The van der Waals surface area contributed by atoms with E-state index in [9.17, 15) is 9.59 Å². The molecule has 1 heterocycles. The monoisotopic (exact) mass is 243 g/mol. The molecule has 0 radical (unpaired) electrons. The number of allylic oxidation sites excluding steroid dienone is 2. The van der Waals surface area contributed by atoms with Crippen LogP contribution in [0, 0.1) is 0 Å². The third-order valence-electron chi connectivity index (χ3n) is 3.44. The number of carbonyl (C=O) groups excluding carboxylic acids is 2. The predicted molar refractivity (Wildman–Crippen MR) is 71.5 cm³/mol. The fourth-order valence-corrected chi connectivity index (χ4v) is 2.37. The molecule has 1 aliphatic rings. The SMILES string of the molecule is CC(=O)C1(CC=C(C)C)C(=O)Nc2ccccc21. The molecule has 1 aliphatic heterocycles. The first-order valence-electron chi connectivity index (χ1n) is 6.04. The Balaban J connectivity index is 2.57. The molecule has 0 fully saturated rings. The Morgan fingerprint density at radius 2 is 1.94 bits per heavy atom. The van der Waals surface area contributed by atoms with Crippen LogP contribution in [0.25, 0.3) is 0 Å². The molecular formula is C15H17NO2. The third-order valence-corrected chi connectivity index (χ3v) is 3.44. The lowest BCUT2D eigenvalue weighted by Gasteiger charge is -2.23. The Morgan fingerprint density at radius 3 is 2.56 bits per heavy atom. The van der Waals surface area contributed by atoms with Crippen molar-refractivity contribution in [2.45, 2.75) is 32.6 Å². The molecule has 1 unspecified atom stereocenters. The minimum atomic E-state index is -1.05. The van der Waals surface area contributed by atoms with Crippen LogP contribution in [0.3, 0.4) is 0 Å². The maximum atomic E-state index is 12.2. The Bertz CT molecular complexity index is 541. The maximum Gasteiger partial charge on any atom is 0.242 e. The van der Waals surface area contributed by atoms with Crippen molar-refractivity contribution >= 4 is 17.4 Å². The summed E-state index contributed by atoms with van der Waals surface area (Å²) in [4.78, 5) is 24.3. The molecule has 1 amide bonds. The molecule has 0 aromatic heterocycles. The summed E-state index contributed by atoms with van der Waals surface area (Å²) in [6.07, 6.45) is 2.37. The summed E-state index contributed by atoms with van der Waals surface area (Å²) < 4.78 is 0. The number of fused-ring (bicyclic) bond motifs is 1. The van der Waals surface area contributed by atoms with E-state index in [0.717, 1.165) is 16.8 Å². The predicted octanol–water partition coefficient (Wildman–Crippen LogP) is 2.82. The van der Waals surface area contributed by atoms with Gasteiger partial charge in [-0.25, -0.2) is 0 Å². The second-order valence-electron chi connectivity index (χ2n) is 4.95. The standard InChI is InChI=1S/C15H17NO2/c1-10(2)8-9-15(11(3)17)12-6-4-5-7-13(12)16-14(15)18/h4-8H,9H2,1-3H3,(H,16,18). The smallest absolute Gasteiger partial charge is 0.242 e. The highest BCUT2D eigenvalue weighted by Crippen LogP contribution is 2.41. The number of Topliss-reactive ketones (excluding diaryl/α,β-unsaturated/α-hetero) is 1. The molecule has 3 nitrogen and oxygen atoms in total. The summed E-state index contributed by atoms with van der Waals surface area (Å²) in [6.45, 7) is 5.42. The van der Waals surface area contributed by atoms with E-state index in [1.165, 1.54) is 6.92 Å². The van der Waals surface area contributed by atoms with Crippen LogP contribution >= 0.6 is 0 Å². The Morgan fingerprint density at radius 1 is 1.28 bits per heavy atom. The van der Waals surface area contributed by atoms with E-state index in [1.54, 1.807) is 0 Å². The number of rotatable bonds is 3. The molecule has 1 atom stereocenters. The lowest BCUT2D eigenvalue weighted by Crippen LogP contribution is -2.40. The van der Waals surface area contributed by atoms with Gasteiger partial charge in [-0.15, -0.1) is 0 Å². The number of amides is 1. The van der Waals surface area contributed by atoms with Gasteiger partial charge in [-0.1, -0.05) is 29.8 Å². The van der Waals surface area contributed by atoms with Crippen molar-refractivity contribution in [3.8, 4) is 0 Å². The van der Waals surface area contributed by atoms with Crippen LogP contribution in [0.15, 0.2) is 35.9 Å². The molecule has 0 saturated carbocycles. The quantitative estimate of drug-likeness (QED) is 0.655. The van der Waals surface area contributed by atoms with E-state index >= 15 is 0 Å². The van der Waals surface area contributed by atoms with Gasteiger partial charge in [0.05, 0.1) is 0 Å². The number of hydrogen-bond donors (Lipinski definition) is 1. The Labute approximate surface area is 107 Å². The fraction of sp³-hybridized carbons (Fsp3) is 0.333. The van der Waals surface area contributed by atoms with Crippen LogP contribution in [0.2, 0.25) is 0 Å². The molecule has 18 heavy (non-hydrogen) atoms. The van der Waals surface area contributed by atoms with Crippen molar-refractivity contribution in [2.75, 3.05) is 5.32 Å². The van der Waals surface area contributed by atoms with Gasteiger partial charge >= 0.3 is 0 Å². The molecule has 0 saturated heterocycles. The van der Waals surface area contributed by atoms with Gasteiger partial charge in [0, 0.05) is 5.69 Å². The van der Waals surface area contributed by atoms with E-state index in [-0.39, 0.29) is 11.7 Å². The zero-order valence-electron chi connectivity index (χ0n) is 10.9.